The van der Waals surface area contributed by atoms with E-state index >= 15 is 0 Å². The fraction of sp³-hybridized carbons (Fsp3) is 0.267. The van der Waals surface area contributed by atoms with E-state index in [4.69, 9.17) is 4.74 Å². The molecule has 0 unspecified atom stereocenters. The average molecular weight is 255 g/mol. The molecule has 1 aromatic carbocycles. The molecule has 98 valence electrons. The third-order valence-electron chi connectivity index (χ3n) is 2.83. The number of ether oxygens (including phenoxy) is 1. The fourth-order valence-electron chi connectivity index (χ4n) is 1.76. The van der Waals surface area contributed by atoms with Crippen molar-refractivity contribution >= 4 is 11.9 Å². The Kier molecular flexibility index (Phi) is 4.23. The lowest BCUT2D eigenvalue weighted by Gasteiger charge is -2.05. The number of aromatic nitrogens is 2. The first kappa shape index (κ1) is 13.2. The summed E-state index contributed by atoms with van der Waals surface area (Å²) in [6.45, 7) is 3.97. The molecule has 2 rings (SSSR count). The van der Waals surface area contributed by atoms with Gasteiger partial charge in [0, 0.05) is 25.0 Å². The summed E-state index contributed by atoms with van der Waals surface area (Å²) in [6, 6.07) is 5.94. The third-order valence-corrected chi connectivity index (χ3v) is 2.83. The largest absolute Gasteiger partial charge is 0.494 e. The Labute approximate surface area is 113 Å². The molecule has 0 spiro atoms. The van der Waals surface area contributed by atoms with E-state index in [0.29, 0.717) is 6.42 Å². The second-order valence-corrected chi connectivity index (χ2v) is 4.28. The zero-order valence-electron chi connectivity index (χ0n) is 11.4. The van der Waals surface area contributed by atoms with Crippen LogP contribution < -0.4 is 4.74 Å². The molecule has 4 heteroatoms. The van der Waals surface area contributed by atoms with E-state index in [1.165, 1.54) is 0 Å². The fourth-order valence-corrected chi connectivity index (χ4v) is 1.76. The number of hydrogen-bond donors (Lipinski definition) is 0. The topological polar surface area (TPSA) is 47.4 Å². The third kappa shape index (κ3) is 3.37. The number of aryl methyl sites for hydroxylation is 2. The van der Waals surface area contributed by atoms with Gasteiger partial charge in [-0.1, -0.05) is 6.07 Å². The van der Waals surface area contributed by atoms with Crippen molar-refractivity contribution in [3.8, 4) is 5.75 Å². The number of rotatable bonds is 4. The lowest BCUT2D eigenvalue weighted by molar-refractivity contribution is 0.416. The molecule has 0 atom stereocenters. The first-order valence-corrected chi connectivity index (χ1v) is 6.14. The maximum Gasteiger partial charge on any atom is 0.144 e. The van der Waals surface area contributed by atoms with Crippen molar-refractivity contribution in [1.82, 2.24) is 9.97 Å². The summed E-state index contributed by atoms with van der Waals surface area (Å²) in [4.78, 5) is 12.9. The lowest BCUT2D eigenvalue weighted by Crippen LogP contribution is -1.96. The zero-order chi connectivity index (χ0) is 13.7. The molecule has 0 aliphatic rings. The van der Waals surface area contributed by atoms with E-state index in [1.54, 1.807) is 19.5 Å². The molecule has 0 aliphatic heterocycles. The van der Waals surface area contributed by atoms with E-state index in [-0.39, 0.29) is 0 Å². The van der Waals surface area contributed by atoms with Gasteiger partial charge in [0.15, 0.2) is 0 Å². The first-order valence-electron chi connectivity index (χ1n) is 6.14. The van der Waals surface area contributed by atoms with Gasteiger partial charge in [0.2, 0.25) is 0 Å². The van der Waals surface area contributed by atoms with Gasteiger partial charge < -0.3 is 4.74 Å². The Hall–Kier alpha value is -2.23. The Morgan fingerprint density at radius 3 is 2.74 bits per heavy atom. The van der Waals surface area contributed by atoms with E-state index in [0.717, 1.165) is 28.4 Å². The van der Waals surface area contributed by atoms with Crippen LogP contribution in [0.25, 0.3) is 0 Å². The number of hydrogen-bond acceptors (Lipinski definition) is 4. The molecule has 0 bridgehead atoms. The SMILES string of the molecule is COc1cc(C)ccc1N=CCc1nccnc1C. The van der Waals surface area contributed by atoms with E-state index in [2.05, 4.69) is 15.0 Å². The Morgan fingerprint density at radius 2 is 2.00 bits per heavy atom. The summed E-state index contributed by atoms with van der Waals surface area (Å²) >= 11 is 0. The molecular weight excluding hydrogens is 238 g/mol. The molecule has 0 aliphatic carbocycles. The van der Waals surface area contributed by atoms with Crippen LogP contribution in [0.15, 0.2) is 35.6 Å². The van der Waals surface area contributed by atoms with Crippen molar-refractivity contribution in [2.75, 3.05) is 7.11 Å². The minimum absolute atomic E-state index is 0.663. The maximum absolute atomic E-state index is 5.31. The highest BCUT2D eigenvalue weighted by Gasteiger charge is 2.01. The molecule has 19 heavy (non-hydrogen) atoms. The first-order chi connectivity index (χ1) is 9.20. The highest BCUT2D eigenvalue weighted by atomic mass is 16.5. The summed E-state index contributed by atoms with van der Waals surface area (Å²) in [5.41, 5.74) is 3.86. The number of methoxy groups -OCH3 is 1. The van der Waals surface area contributed by atoms with Crippen LogP contribution in [0, 0.1) is 13.8 Å². The van der Waals surface area contributed by atoms with Crippen molar-refractivity contribution in [2.45, 2.75) is 20.3 Å². The van der Waals surface area contributed by atoms with Crippen molar-refractivity contribution in [3.63, 3.8) is 0 Å². The molecule has 0 saturated carbocycles. The van der Waals surface area contributed by atoms with Crippen LogP contribution >= 0.6 is 0 Å². The summed E-state index contributed by atoms with van der Waals surface area (Å²) in [5.74, 6) is 0.784. The second-order valence-electron chi connectivity index (χ2n) is 4.28. The Balaban J connectivity index is 2.13. The van der Waals surface area contributed by atoms with Crippen molar-refractivity contribution in [3.05, 3.63) is 47.5 Å². The molecule has 1 aromatic heterocycles. The molecule has 1 heterocycles. The number of benzene rings is 1. The van der Waals surface area contributed by atoms with E-state index < -0.39 is 0 Å². The molecule has 0 radical (unpaired) electrons. The van der Waals surface area contributed by atoms with Crippen molar-refractivity contribution < 1.29 is 4.74 Å². The van der Waals surface area contributed by atoms with Gasteiger partial charge >= 0.3 is 0 Å². The van der Waals surface area contributed by atoms with Gasteiger partial charge in [-0.15, -0.1) is 0 Å². The van der Waals surface area contributed by atoms with Crippen molar-refractivity contribution in [2.24, 2.45) is 4.99 Å². The van der Waals surface area contributed by atoms with Crippen LogP contribution in [0.4, 0.5) is 5.69 Å². The monoisotopic (exact) mass is 255 g/mol. The molecule has 4 nitrogen and oxygen atoms in total. The highest BCUT2D eigenvalue weighted by molar-refractivity contribution is 5.68. The standard InChI is InChI=1S/C15H17N3O/c1-11-4-5-14(15(10-11)19-3)17-7-6-13-12(2)16-8-9-18-13/h4-5,7-10H,6H2,1-3H3. The summed E-state index contributed by atoms with van der Waals surface area (Å²) in [6.07, 6.45) is 5.89. The van der Waals surface area contributed by atoms with Crippen LogP contribution in [0.2, 0.25) is 0 Å². The predicted octanol–water partition coefficient (Wildman–Crippen LogP) is 3.05. The Morgan fingerprint density at radius 1 is 1.21 bits per heavy atom. The van der Waals surface area contributed by atoms with Crippen LogP contribution in [0.1, 0.15) is 17.0 Å². The predicted molar refractivity (Wildman–Crippen MR) is 76.4 cm³/mol. The van der Waals surface area contributed by atoms with Gasteiger partial charge in [-0.25, -0.2) is 0 Å². The quantitative estimate of drug-likeness (QED) is 0.789. The molecule has 0 N–H and O–H groups in total. The molecule has 0 fully saturated rings. The normalized spacial score (nSPS) is 10.9. The van der Waals surface area contributed by atoms with Crippen LogP contribution in [-0.4, -0.2) is 23.3 Å². The maximum atomic E-state index is 5.31. The van der Waals surface area contributed by atoms with Gasteiger partial charge in [0.1, 0.15) is 11.4 Å². The van der Waals surface area contributed by atoms with Gasteiger partial charge in [-0.3, -0.25) is 15.0 Å². The van der Waals surface area contributed by atoms with Gasteiger partial charge in [-0.2, -0.15) is 0 Å². The number of nitrogens with zero attached hydrogens (tertiary/aromatic N) is 3. The minimum Gasteiger partial charge on any atom is -0.494 e. The van der Waals surface area contributed by atoms with Crippen LogP contribution in [0.3, 0.4) is 0 Å². The van der Waals surface area contributed by atoms with Gasteiger partial charge in [0.25, 0.3) is 0 Å². The number of aliphatic imine (C=N–C) groups is 1. The van der Waals surface area contributed by atoms with Crippen molar-refractivity contribution in [1.29, 1.82) is 0 Å². The molecular formula is C15H17N3O. The van der Waals surface area contributed by atoms with E-state index in [1.807, 2.05) is 38.3 Å². The molecule has 2 aromatic rings. The second kappa shape index (κ2) is 6.09. The lowest BCUT2D eigenvalue weighted by atomic mass is 10.2. The Bertz CT molecular complexity index is 594. The zero-order valence-corrected chi connectivity index (χ0v) is 11.4. The van der Waals surface area contributed by atoms with Gasteiger partial charge in [0.05, 0.1) is 18.5 Å². The molecule has 0 saturated heterocycles. The van der Waals surface area contributed by atoms with Gasteiger partial charge in [-0.05, 0) is 31.5 Å². The smallest absolute Gasteiger partial charge is 0.144 e. The highest BCUT2D eigenvalue weighted by Crippen LogP contribution is 2.27. The van der Waals surface area contributed by atoms with E-state index in [9.17, 15) is 0 Å². The summed E-state index contributed by atoms with van der Waals surface area (Å²) < 4.78 is 5.31. The summed E-state index contributed by atoms with van der Waals surface area (Å²) in [7, 11) is 1.65. The molecule has 0 amide bonds. The van der Waals surface area contributed by atoms with Crippen LogP contribution in [0.5, 0.6) is 5.75 Å². The average Bonchev–Trinajstić information content (AvgIpc) is 2.42. The summed E-state index contributed by atoms with van der Waals surface area (Å²) in [5, 5.41) is 0. The van der Waals surface area contributed by atoms with Crippen LogP contribution in [-0.2, 0) is 6.42 Å². The minimum atomic E-state index is 0.663.